The molecule has 4 rings (SSSR count). The second-order valence-corrected chi connectivity index (χ2v) is 7.80. The van der Waals surface area contributed by atoms with Crippen molar-refractivity contribution in [2.24, 2.45) is 5.10 Å². The van der Waals surface area contributed by atoms with Crippen molar-refractivity contribution in [3.05, 3.63) is 71.4 Å². The highest BCUT2D eigenvalue weighted by molar-refractivity contribution is 6.35. The molecule has 0 bridgehead atoms. The van der Waals surface area contributed by atoms with Gasteiger partial charge in [0, 0.05) is 36.8 Å². The van der Waals surface area contributed by atoms with E-state index in [4.69, 9.17) is 20.8 Å². The third-order valence-electron chi connectivity index (χ3n) is 5.28. The van der Waals surface area contributed by atoms with E-state index in [1.807, 2.05) is 36.4 Å². The lowest BCUT2D eigenvalue weighted by Crippen LogP contribution is -2.52. The summed E-state index contributed by atoms with van der Waals surface area (Å²) in [5.41, 5.74) is 4.07. The van der Waals surface area contributed by atoms with E-state index in [9.17, 15) is 9.59 Å². The summed E-state index contributed by atoms with van der Waals surface area (Å²) in [6.45, 7) is 2.05. The Bertz CT molecular complexity index is 1170. The van der Waals surface area contributed by atoms with Crippen molar-refractivity contribution in [1.82, 2.24) is 10.3 Å². The fourth-order valence-electron chi connectivity index (χ4n) is 3.61. The van der Waals surface area contributed by atoms with Gasteiger partial charge in [0.15, 0.2) is 0 Å². The average molecular weight is 467 g/mol. The van der Waals surface area contributed by atoms with E-state index in [0.29, 0.717) is 42.7 Å². The van der Waals surface area contributed by atoms with Crippen LogP contribution in [0.2, 0.25) is 5.02 Å². The summed E-state index contributed by atoms with van der Waals surface area (Å²) >= 11 is 6.01. The fraction of sp³-hybridized carbons (Fsp3) is 0.208. The zero-order valence-electron chi connectivity index (χ0n) is 18.0. The van der Waals surface area contributed by atoms with Crippen LogP contribution < -0.4 is 15.1 Å². The molecular formula is C24H23ClN4O4. The quantitative estimate of drug-likeness (QED) is 0.354. The van der Waals surface area contributed by atoms with E-state index in [1.165, 1.54) is 11.1 Å². The van der Waals surface area contributed by atoms with E-state index in [-0.39, 0.29) is 0 Å². The number of halogens is 1. The summed E-state index contributed by atoms with van der Waals surface area (Å²) in [6.07, 6.45) is 1.35. The molecule has 170 valence electrons. The fourth-order valence-corrected chi connectivity index (χ4v) is 3.80. The third-order valence-corrected chi connectivity index (χ3v) is 5.52. The zero-order valence-corrected chi connectivity index (χ0v) is 18.8. The molecule has 0 saturated carbocycles. The number of hydrogen-bond acceptors (Lipinski definition) is 6. The Kier molecular flexibility index (Phi) is 6.95. The first kappa shape index (κ1) is 22.4. The number of hydrogen-bond donors (Lipinski definition) is 1. The van der Waals surface area contributed by atoms with Gasteiger partial charge in [-0.25, -0.2) is 5.43 Å². The van der Waals surface area contributed by atoms with E-state index >= 15 is 0 Å². The van der Waals surface area contributed by atoms with Crippen molar-refractivity contribution in [2.75, 3.05) is 38.2 Å². The Morgan fingerprint density at radius 2 is 1.85 bits per heavy atom. The number of para-hydroxylation sites is 2. The van der Waals surface area contributed by atoms with Crippen LogP contribution in [0, 0.1) is 0 Å². The Balaban J connectivity index is 1.29. The number of hydrazone groups is 1. The lowest BCUT2D eigenvalue weighted by atomic mass is 10.2. The van der Waals surface area contributed by atoms with Gasteiger partial charge in [-0.1, -0.05) is 35.9 Å². The minimum Gasteiger partial charge on any atom is -0.495 e. The first-order valence-electron chi connectivity index (χ1n) is 10.4. The molecule has 2 aromatic carbocycles. The number of anilines is 1. The molecule has 0 unspecified atom stereocenters. The third kappa shape index (κ3) is 5.35. The van der Waals surface area contributed by atoms with Gasteiger partial charge in [-0.2, -0.15) is 5.10 Å². The molecule has 1 aromatic heterocycles. The lowest BCUT2D eigenvalue weighted by Gasteiger charge is -2.36. The molecule has 1 aliphatic heterocycles. The van der Waals surface area contributed by atoms with Crippen LogP contribution >= 0.6 is 11.6 Å². The molecule has 0 atom stereocenters. The predicted octanol–water partition coefficient (Wildman–Crippen LogP) is 3.41. The SMILES string of the molecule is COc1ccccc1N1CCN(C(=O)C(=O)N/N=C/c2ccc(-c3cccc(Cl)c3)o2)CC1. The number of nitrogens with one attached hydrogen (secondary N) is 1. The highest BCUT2D eigenvalue weighted by atomic mass is 35.5. The van der Waals surface area contributed by atoms with Crippen LogP contribution in [-0.4, -0.2) is 56.2 Å². The number of benzene rings is 2. The molecule has 1 aliphatic rings. The van der Waals surface area contributed by atoms with Crippen molar-refractivity contribution >= 4 is 35.3 Å². The molecule has 1 saturated heterocycles. The molecule has 9 heteroatoms. The van der Waals surface area contributed by atoms with Crippen molar-refractivity contribution < 1.29 is 18.7 Å². The summed E-state index contributed by atoms with van der Waals surface area (Å²) in [7, 11) is 1.63. The van der Waals surface area contributed by atoms with Gasteiger partial charge in [0.2, 0.25) is 0 Å². The van der Waals surface area contributed by atoms with Crippen LogP contribution in [0.5, 0.6) is 5.75 Å². The first-order chi connectivity index (χ1) is 16.0. The molecule has 8 nitrogen and oxygen atoms in total. The maximum Gasteiger partial charge on any atom is 0.329 e. The average Bonchev–Trinajstić information content (AvgIpc) is 3.32. The molecule has 3 aromatic rings. The minimum atomic E-state index is -0.793. The molecule has 0 aliphatic carbocycles. The number of furan rings is 1. The molecule has 0 radical (unpaired) electrons. The second kappa shape index (κ2) is 10.2. The number of methoxy groups -OCH3 is 1. The number of ether oxygens (including phenoxy) is 1. The summed E-state index contributed by atoms with van der Waals surface area (Å²) in [5.74, 6) is 0.419. The van der Waals surface area contributed by atoms with E-state index in [1.54, 1.807) is 31.4 Å². The van der Waals surface area contributed by atoms with Crippen LogP contribution in [0.1, 0.15) is 5.76 Å². The van der Waals surface area contributed by atoms with Crippen LogP contribution in [0.4, 0.5) is 5.69 Å². The van der Waals surface area contributed by atoms with Crippen LogP contribution in [0.15, 0.2) is 70.2 Å². The maximum absolute atomic E-state index is 12.5. The Morgan fingerprint density at radius 1 is 1.06 bits per heavy atom. The number of amides is 2. The van der Waals surface area contributed by atoms with Gasteiger partial charge in [-0.15, -0.1) is 0 Å². The second-order valence-electron chi connectivity index (χ2n) is 7.36. The molecule has 1 N–H and O–H groups in total. The largest absolute Gasteiger partial charge is 0.495 e. The van der Waals surface area contributed by atoms with Crippen LogP contribution in [0.3, 0.4) is 0 Å². The van der Waals surface area contributed by atoms with Gasteiger partial charge in [0.05, 0.1) is 19.0 Å². The van der Waals surface area contributed by atoms with Gasteiger partial charge >= 0.3 is 11.8 Å². The normalized spacial score (nSPS) is 13.9. The monoisotopic (exact) mass is 466 g/mol. The van der Waals surface area contributed by atoms with Crippen LogP contribution in [-0.2, 0) is 9.59 Å². The molecule has 0 spiro atoms. The first-order valence-corrected chi connectivity index (χ1v) is 10.8. The number of piperazine rings is 1. The van der Waals surface area contributed by atoms with E-state index in [2.05, 4.69) is 15.4 Å². The van der Waals surface area contributed by atoms with Gasteiger partial charge in [-0.05, 0) is 36.4 Å². The molecule has 2 heterocycles. The van der Waals surface area contributed by atoms with Crippen LogP contribution in [0.25, 0.3) is 11.3 Å². The van der Waals surface area contributed by atoms with Gasteiger partial charge in [-0.3, -0.25) is 9.59 Å². The van der Waals surface area contributed by atoms with E-state index < -0.39 is 11.8 Å². The molecular weight excluding hydrogens is 444 g/mol. The number of rotatable bonds is 5. The molecule has 1 fully saturated rings. The highest BCUT2D eigenvalue weighted by Crippen LogP contribution is 2.28. The smallest absolute Gasteiger partial charge is 0.329 e. The Morgan fingerprint density at radius 3 is 2.61 bits per heavy atom. The number of carbonyl (C=O) groups is 2. The number of carbonyl (C=O) groups excluding carboxylic acids is 2. The summed E-state index contributed by atoms with van der Waals surface area (Å²) < 4.78 is 11.1. The molecule has 33 heavy (non-hydrogen) atoms. The summed E-state index contributed by atoms with van der Waals surface area (Å²) in [5, 5.41) is 4.45. The summed E-state index contributed by atoms with van der Waals surface area (Å²) in [4.78, 5) is 28.4. The van der Waals surface area contributed by atoms with Crippen molar-refractivity contribution in [3.8, 4) is 17.1 Å². The van der Waals surface area contributed by atoms with Crippen molar-refractivity contribution in [1.29, 1.82) is 0 Å². The van der Waals surface area contributed by atoms with E-state index in [0.717, 1.165) is 17.0 Å². The highest BCUT2D eigenvalue weighted by Gasteiger charge is 2.26. The Hall–Kier alpha value is -3.78. The van der Waals surface area contributed by atoms with Crippen molar-refractivity contribution in [3.63, 3.8) is 0 Å². The lowest BCUT2D eigenvalue weighted by molar-refractivity contribution is -0.146. The zero-order chi connectivity index (χ0) is 23.2. The predicted molar refractivity (Wildman–Crippen MR) is 127 cm³/mol. The topological polar surface area (TPSA) is 87.4 Å². The number of nitrogens with zero attached hydrogens (tertiary/aromatic N) is 3. The summed E-state index contributed by atoms with van der Waals surface area (Å²) in [6, 6.07) is 18.5. The maximum atomic E-state index is 12.5. The minimum absolute atomic E-state index is 0.426. The molecule has 2 amide bonds. The van der Waals surface area contributed by atoms with Gasteiger partial charge in [0.1, 0.15) is 17.3 Å². The van der Waals surface area contributed by atoms with Gasteiger partial charge < -0.3 is 19.0 Å². The standard InChI is InChI=1S/C24H23ClN4O4/c1-32-22-8-3-2-7-20(22)28-11-13-29(14-12-28)24(31)23(30)27-26-16-19-9-10-21(33-19)17-5-4-6-18(25)15-17/h2-10,15-16H,11-14H2,1H3,(H,27,30)/b26-16+. The Labute approximate surface area is 196 Å². The van der Waals surface area contributed by atoms with Gasteiger partial charge in [0.25, 0.3) is 0 Å². The van der Waals surface area contributed by atoms with Crippen molar-refractivity contribution in [2.45, 2.75) is 0 Å².